The van der Waals surface area contributed by atoms with Gasteiger partial charge in [-0.3, -0.25) is 0 Å². The Morgan fingerprint density at radius 2 is 1.90 bits per heavy atom. The van der Waals surface area contributed by atoms with Crippen LogP contribution >= 0.6 is 12.2 Å². The Kier molecular flexibility index (Phi) is 4.07. The molecule has 0 amide bonds. The topological polar surface area (TPSA) is 63.8 Å². The average molecular weight is 308 g/mol. The van der Waals surface area contributed by atoms with Crippen molar-refractivity contribution in [1.82, 2.24) is 9.97 Å². The first kappa shape index (κ1) is 14.9. The highest BCUT2D eigenvalue weighted by atomic mass is 32.1. The molecule has 4 nitrogen and oxygen atoms in total. The fourth-order valence-corrected chi connectivity index (χ4v) is 2.23. The Hall–Kier alpha value is -1.51. The second-order valence-corrected chi connectivity index (χ2v) is 4.88. The maximum Gasteiger partial charge on any atom is 0.349 e. The molecule has 1 aliphatic carbocycles. The van der Waals surface area contributed by atoms with Crippen molar-refractivity contribution in [2.75, 3.05) is 5.32 Å². The van der Waals surface area contributed by atoms with Crippen molar-refractivity contribution in [3.63, 3.8) is 0 Å². The predicted octanol–water partition coefficient (Wildman–Crippen LogP) is 2.37. The Labute approximate surface area is 117 Å². The SMILES string of the molecule is NC(=S)Nc1nc2c(c(C(F)(F)C(F)F)n1)CCCC2. The van der Waals surface area contributed by atoms with Crippen LogP contribution < -0.4 is 11.1 Å². The van der Waals surface area contributed by atoms with Crippen molar-refractivity contribution in [2.24, 2.45) is 5.73 Å². The Morgan fingerprint density at radius 3 is 2.50 bits per heavy atom. The predicted molar refractivity (Wildman–Crippen MR) is 69.0 cm³/mol. The third kappa shape index (κ3) is 2.82. The van der Waals surface area contributed by atoms with Gasteiger partial charge in [-0.15, -0.1) is 0 Å². The minimum atomic E-state index is -4.32. The first-order valence-corrected chi connectivity index (χ1v) is 6.36. The zero-order valence-electron chi connectivity index (χ0n) is 10.3. The lowest BCUT2D eigenvalue weighted by Gasteiger charge is -2.23. The molecule has 0 saturated heterocycles. The molecule has 0 aliphatic heterocycles. The van der Waals surface area contributed by atoms with Gasteiger partial charge in [-0.05, 0) is 37.9 Å². The van der Waals surface area contributed by atoms with Gasteiger partial charge in [0.25, 0.3) is 0 Å². The summed E-state index contributed by atoms with van der Waals surface area (Å²) in [5.41, 5.74) is 4.74. The quantitative estimate of drug-likeness (QED) is 0.663. The smallest absolute Gasteiger partial charge is 0.349 e. The molecule has 1 aromatic rings. The zero-order valence-corrected chi connectivity index (χ0v) is 11.1. The highest BCUT2D eigenvalue weighted by Crippen LogP contribution is 2.38. The molecule has 2 rings (SSSR count). The minimum absolute atomic E-state index is 0.107. The molecule has 1 heterocycles. The number of hydrogen-bond donors (Lipinski definition) is 2. The van der Waals surface area contributed by atoms with E-state index in [0.717, 1.165) is 6.42 Å². The van der Waals surface area contributed by atoms with E-state index in [4.69, 9.17) is 5.73 Å². The summed E-state index contributed by atoms with van der Waals surface area (Å²) in [4.78, 5) is 7.52. The lowest BCUT2D eigenvalue weighted by molar-refractivity contribution is -0.138. The molecule has 0 spiro atoms. The number of thiocarbonyl (C=S) groups is 1. The number of nitrogens with zero attached hydrogens (tertiary/aromatic N) is 2. The number of aromatic nitrogens is 2. The van der Waals surface area contributed by atoms with Crippen LogP contribution in [0.15, 0.2) is 0 Å². The van der Waals surface area contributed by atoms with E-state index in [2.05, 4.69) is 27.5 Å². The van der Waals surface area contributed by atoms with Gasteiger partial charge < -0.3 is 11.1 Å². The number of rotatable bonds is 3. The van der Waals surface area contributed by atoms with E-state index in [9.17, 15) is 17.6 Å². The molecule has 0 saturated carbocycles. The van der Waals surface area contributed by atoms with E-state index < -0.39 is 18.0 Å². The van der Waals surface area contributed by atoms with Gasteiger partial charge in [0.2, 0.25) is 5.95 Å². The van der Waals surface area contributed by atoms with Crippen LogP contribution in [0.1, 0.15) is 29.8 Å². The molecular weight excluding hydrogens is 296 g/mol. The second kappa shape index (κ2) is 5.47. The molecule has 1 aromatic heterocycles. The van der Waals surface area contributed by atoms with Crippen molar-refractivity contribution >= 4 is 23.3 Å². The van der Waals surface area contributed by atoms with Gasteiger partial charge in [0.1, 0.15) is 5.69 Å². The van der Waals surface area contributed by atoms with E-state index in [1.54, 1.807) is 0 Å². The van der Waals surface area contributed by atoms with Gasteiger partial charge in [-0.1, -0.05) is 0 Å². The van der Waals surface area contributed by atoms with Gasteiger partial charge in [-0.2, -0.15) is 8.78 Å². The van der Waals surface area contributed by atoms with Crippen molar-refractivity contribution < 1.29 is 17.6 Å². The first-order valence-electron chi connectivity index (χ1n) is 5.95. The van der Waals surface area contributed by atoms with Gasteiger partial charge >= 0.3 is 12.3 Å². The standard InChI is InChI=1S/C11H12F4N4S/c12-8(13)11(14,15)7-5-3-1-2-4-6(5)17-10(18-7)19-9(16)20/h8H,1-4H2,(H3,16,17,18,19,20). The van der Waals surface area contributed by atoms with Crippen molar-refractivity contribution in [3.8, 4) is 0 Å². The first-order chi connectivity index (χ1) is 9.32. The highest BCUT2D eigenvalue weighted by Gasteiger charge is 2.47. The van der Waals surface area contributed by atoms with Gasteiger partial charge in [0.15, 0.2) is 5.11 Å². The van der Waals surface area contributed by atoms with Crippen molar-refractivity contribution in [2.45, 2.75) is 38.0 Å². The molecule has 9 heteroatoms. The third-order valence-electron chi connectivity index (χ3n) is 3.01. The molecule has 110 valence electrons. The second-order valence-electron chi connectivity index (χ2n) is 4.44. The van der Waals surface area contributed by atoms with E-state index >= 15 is 0 Å². The van der Waals surface area contributed by atoms with E-state index in [0.29, 0.717) is 18.5 Å². The fourth-order valence-electron chi connectivity index (χ4n) is 2.14. The van der Waals surface area contributed by atoms with E-state index in [1.807, 2.05) is 0 Å². The summed E-state index contributed by atoms with van der Waals surface area (Å²) in [5.74, 6) is -4.59. The van der Waals surface area contributed by atoms with Crippen molar-refractivity contribution in [1.29, 1.82) is 0 Å². The fraction of sp³-hybridized carbons (Fsp3) is 0.545. The number of hydrogen-bond acceptors (Lipinski definition) is 3. The summed E-state index contributed by atoms with van der Waals surface area (Å²) in [5, 5.41) is 2.10. The van der Waals surface area contributed by atoms with E-state index in [-0.39, 0.29) is 23.0 Å². The number of nitrogens with two attached hydrogens (primary N) is 1. The summed E-state index contributed by atoms with van der Waals surface area (Å²) in [7, 11) is 0. The normalized spacial score (nSPS) is 15.1. The zero-order chi connectivity index (χ0) is 14.9. The van der Waals surface area contributed by atoms with Crippen LogP contribution in [0.2, 0.25) is 0 Å². The van der Waals surface area contributed by atoms with Crippen LogP contribution in [0.5, 0.6) is 0 Å². The molecule has 0 fully saturated rings. The maximum absolute atomic E-state index is 13.7. The van der Waals surface area contributed by atoms with Crippen molar-refractivity contribution in [3.05, 3.63) is 17.0 Å². The summed E-state index contributed by atoms with van der Waals surface area (Å²) < 4.78 is 52.5. The Bertz CT molecular complexity index is 535. The molecule has 0 unspecified atom stereocenters. The molecule has 0 atom stereocenters. The summed E-state index contributed by atoms with van der Waals surface area (Å²) in [6, 6.07) is 0. The molecule has 0 radical (unpaired) electrons. The highest BCUT2D eigenvalue weighted by molar-refractivity contribution is 7.80. The van der Waals surface area contributed by atoms with Crippen LogP contribution in [0.4, 0.5) is 23.5 Å². The van der Waals surface area contributed by atoms with E-state index in [1.165, 1.54) is 0 Å². The molecular formula is C11H12F4N4S. The van der Waals surface area contributed by atoms with Crippen LogP contribution in [-0.4, -0.2) is 21.5 Å². The summed E-state index contributed by atoms with van der Waals surface area (Å²) in [6.45, 7) is 0. The van der Waals surface area contributed by atoms with Crippen LogP contribution in [-0.2, 0) is 18.8 Å². The van der Waals surface area contributed by atoms with Gasteiger partial charge in [0, 0.05) is 11.3 Å². The molecule has 0 bridgehead atoms. The number of alkyl halides is 4. The molecule has 3 N–H and O–H groups in total. The third-order valence-corrected chi connectivity index (χ3v) is 3.11. The van der Waals surface area contributed by atoms with Gasteiger partial charge in [-0.25, -0.2) is 18.7 Å². The lowest BCUT2D eigenvalue weighted by Crippen LogP contribution is -2.30. The number of nitrogens with one attached hydrogen (secondary N) is 1. The monoisotopic (exact) mass is 308 g/mol. The number of halogens is 4. The Morgan fingerprint density at radius 1 is 1.25 bits per heavy atom. The molecule has 0 aromatic carbocycles. The van der Waals surface area contributed by atoms with Crippen LogP contribution in [0.3, 0.4) is 0 Å². The average Bonchev–Trinajstić information content (AvgIpc) is 2.36. The number of fused-ring (bicyclic) bond motifs is 1. The van der Waals surface area contributed by atoms with Crippen LogP contribution in [0, 0.1) is 0 Å². The largest absolute Gasteiger partial charge is 0.376 e. The summed E-state index contributed by atoms with van der Waals surface area (Å²) >= 11 is 4.57. The minimum Gasteiger partial charge on any atom is -0.376 e. The van der Waals surface area contributed by atoms with Gasteiger partial charge in [0.05, 0.1) is 0 Å². The molecule has 20 heavy (non-hydrogen) atoms. The maximum atomic E-state index is 13.7. The lowest BCUT2D eigenvalue weighted by atomic mass is 9.93. The molecule has 1 aliphatic rings. The van der Waals surface area contributed by atoms with Crippen LogP contribution in [0.25, 0.3) is 0 Å². The Balaban J connectivity index is 2.55. The number of aryl methyl sites for hydroxylation is 1. The summed E-state index contributed by atoms with van der Waals surface area (Å²) in [6.07, 6.45) is -1.72. The number of anilines is 1.